The lowest BCUT2D eigenvalue weighted by Gasteiger charge is -2.20. The van der Waals surface area contributed by atoms with Crippen molar-refractivity contribution in [2.45, 2.75) is 16.3 Å². The third-order valence-corrected chi connectivity index (χ3v) is 1.95. The van der Waals surface area contributed by atoms with Crippen LogP contribution >= 0.6 is 34.8 Å². The van der Waals surface area contributed by atoms with Gasteiger partial charge < -0.3 is 15.9 Å². The predicted octanol–water partition coefficient (Wildman–Crippen LogP) is 0.859. The monoisotopic (exact) mass is 263 g/mol. The van der Waals surface area contributed by atoms with Gasteiger partial charge in [0.25, 0.3) is 0 Å². The van der Waals surface area contributed by atoms with E-state index >= 15 is 0 Å². The molecule has 0 spiro atoms. The van der Waals surface area contributed by atoms with Gasteiger partial charge in [0.15, 0.2) is 3.79 Å². The van der Waals surface area contributed by atoms with Crippen molar-refractivity contribution < 1.29 is 19.8 Å². The molecule has 0 aromatic heterocycles. The quantitative estimate of drug-likeness (QED) is 0.654. The minimum absolute atomic E-state index is 0.458. The van der Waals surface area contributed by atoms with Crippen molar-refractivity contribution >= 4 is 46.7 Å². The van der Waals surface area contributed by atoms with E-state index in [0.717, 1.165) is 0 Å². The maximum Gasteiger partial charge on any atom is 0.321 e. The molecule has 0 fully saturated rings. The van der Waals surface area contributed by atoms with E-state index in [2.05, 4.69) is 0 Å². The summed E-state index contributed by atoms with van der Waals surface area (Å²) in [6, 6.07) is -1.59. The van der Waals surface area contributed by atoms with E-state index in [0.29, 0.717) is 0 Å². The molecule has 1 unspecified atom stereocenters. The molecule has 0 aliphatic carbocycles. The van der Waals surface area contributed by atoms with E-state index < -0.39 is 34.1 Å². The smallest absolute Gasteiger partial charge is 0.321 e. The van der Waals surface area contributed by atoms with Crippen molar-refractivity contribution in [2.24, 2.45) is 11.7 Å². The summed E-state index contributed by atoms with van der Waals surface area (Å²) >= 11 is 16.0. The van der Waals surface area contributed by atoms with Crippen molar-refractivity contribution in [1.82, 2.24) is 0 Å². The molecule has 0 radical (unpaired) electrons. The maximum absolute atomic E-state index is 10.6. The Morgan fingerprint density at radius 2 is 1.64 bits per heavy atom. The molecular formula is C6H8Cl3NO4. The van der Waals surface area contributed by atoms with Gasteiger partial charge in [-0.05, 0) is 0 Å². The Morgan fingerprint density at radius 3 is 1.86 bits per heavy atom. The average Bonchev–Trinajstić information content (AvgIpc) is 1.96. The molecule has 0 aromatic carbocycles. The second-order valence-corrected chi connectivity index (χ2v) is 5.14. The number of halogens is 3. The number of hydrogen-bond acceptors (Lipinski definition) is 3. The molecule has 0 aromatic rings. The zero-order valence-electron chi connectivity index (χ0n) is 6.78. The van der Waals surface area contributed by atoms with Crippen molar-refractivity contribution in [3.8, 4) is 0 Å². The number of carboxylic acids is 2. The second kappa shape index (κ2) is 5.02. The molecule has 0 saturated carbocycles. The Kier molecular flexibility index (Phi) is 4.94. The number of rotatable bonds is 4. The minimum Gasteiger partial charge on any atom is -0.481 e. The van der Waals surface area contributed by atoms with E-state index in [1.165, 1.54) is 0 Å². The van der Waals surface area contributed by atoms with Crippen molar-refractivity contribution in [3.63, 3.8) is 0 Å². The van der Waals surface area contributed by atoms with Crippen LogP contribution in [0, 0.1) is 5.92 Å². The first-order chi connectivity index (χ1) is 6.15. The minimum atomic E-state index is -1.84. The van der Waals surface area contributed by atoms with E-state index in [9.17, 15) is 9.59 Å². The second-order valence-electron chi connectivity index (χ2n) is 2.63. The van der Waals surface area contributed by atoms with Crippen LogP contribution in [0.2, 0.25) is 0 Å². The maximum atomic E-state index is 10.6. The van der Waals surface area contributed by atoms with Gasteiger partial charge in [-0.1, -0.05) is 34.8 Å². The number of hydrogen-bond donors (Lipinski definition) is 3. The summed E-state index contributed by atoms with van der Waals surface area (Å²) in [5.41, 5.74) is 5.11. The van der Waals surface area contributed by atoms with Gasteiger partial charge >= 0.3 is 11.9 Å². The molecule has 0 rings (SSSR count). The highest BCUT2D eigenvalue weighted by Gasteiger charge is 2.37. The molecule has 14 heavy (non-hydrogen) atoms. The number of alkyl halides is 3. The zero-order chi connectivity index (χ0) is 11.5. The third kappa shape index (κ3) is 4.85. The summed E-state index contributed by atoms with van der Waals surface area (Å²) in [4.78, 5) is 21.0. The summed E-state index contributed by atoms with van der Waals surface area (Å²) in [6.45, 7) is 0. The number of aliphatic carboxylic acids is 2. The molecule has 82 valence electrons. The van der Waals surface area contributed by atoms with Crippen LogP contribution in [0.1, 0.15) is 6.42 Å². The van der Waals surface area contributed by atoms with Crippen LogP contribution < -0.4 is 5.73 Å². The van der Waals surface area contributed by atoms with E-state index in [1.807, 2.05) is 0 Å². The van der Waals surface area contributed by atoms with Gasteiger partial charge in [-0.15, -0.1) is 0 Å². The Bertz CT molecular complexity index is 240. The standard InChI is InChI=1S/C6H8Cl3NO4/c7-6(8,9)1-2(4(11)12)3(10)5(13)14/h2-3H,1,10H2,(H,11,12)(H,13,14)/t2?,3-/m0/s1. The molecule has 4 N–H and O–H groups in total. The van der Waals surface area contributed by atoms with Crippen LogP contribution in [-0.2, 0) is 9.59 Å². The van der Waals surface area contributed by atoms with Crippen LogP contribution in [0.4, 0.5) is 0 Å². The number of carbonyl (C=O) groups is 2. The Hall–Kier alpha value is -0.230. The first-order valence-electron chi connectivity index (χ1n) is 3.43. The molecule has 5 nitrogen and oxygen atoms in total. The Morgan fingerprint density at radius 1 is 1.21 bits per heavy atom. The molecule has 0 aliphatic heterocycles. The van der Waals surface area contributed by atoms with Crippen LogP contribution in [0.3, 0.4) is 0 Å². The highest BCUT2D eigenvalue weighted by atomic mass is 35.6. The lowest BCUT2D eigenvalue weighted by atomic mass is 9.98. The first-order valence-corrected chi connectivity index (χ1v) is 4.56. The third-order valence-electron chi connectivity index (χ3n) is 1.49. The molecule has 0 aliphatic rings. The zero-order valence-corrected chi connectivity index (χ0v) is 9.05. The Balaban J connectivity index is 4.62. The molecule has 2 atom stereocenters. The summed E-state index contributed by atoms with van der Waals surface area (Å²) in [7, 11) is 0. The van der Waals surface area contributed by atoms with Crippen molar-refractivity contribution in [3.05, 3.63) is 0 Å². The van der Waals surface area contributed by atoms with E-state index in [-0.39, 0.29) is 0 Å². The predicted molar refractivity (Wildman–Crippen MR) is 51.6 cm³/mol. The van der Waals surface area contributed by atoms with Crippen molar-refractivity contribution in [1.29, 1.82) is 0 Å². The molecule has 0 amide bonds. The summed E-state index contributed by atoms with van der Waals surface area (Å²) < 4.78 is -1.84. The molecular weight excluding hydrogens is 256 g/mol. The molecule has 0 saturated heterocycles. The SMILES string of the molecule is N[C@H](C(=O)O)C(CC(Cl)(Cl)Cl)C(=O)O. The number of carboxylic acid groups (broad SMARTS) is 2. The van der Waals surface area contributed by atoms with Gasteiger partial charge in [0, 0.05) is 6.42 Å². The number of nitrogens with two attached hydrogens (primary N) is 1. The normalized spacial score (nSPS) is 16.0. The fraction of sp³-hybridized carbons (Fsp3) is 0.667. The Labute approximate surface area is 94.7 Å². The van der Waals surface area contributed by atoms with Crippen LogP contribution in [0.5, 0.6) is 0 Å². The van der Waals surface area contributed by atoms with Gasteiger partial charge in [0.1, 0.15) is 6.04 Å². The van der Waals surface area contributed by atoms with Gasteiger partial charge in [-0.25, -0.2) is 0 Å². The van der Waals surface area contributed by atoms with Crippen molar-refractivity contribution in [2.75, 3.05) is 0 Å². The van der Waals surface area contributed by atoms with Gasteiger partial charge in [0.2, 0.25) is 0 Å². The van der Waals surface area contributed by atoms with Gasteiger partial charge in [-0.2, -0.15) is 0 Å². The first kappa shape index (κ1) is 13.8. The topological polar surface area (TPSA) is 101 Å². The summed E-state index contributed by atoms with van der Waals surface area (Å²) in [5, 5.41) is 17.1. The molecule has 0 bridgehead atoms. The molecule has 8 heteroatoms. The van der Waals surface area contributed by atoms with Gasteiger partial charge in [0.05, 0.1) is 5.92 Å². The van der Waals surface area contributed by atoms with Crippen LogP contribution in [-0.4, -0.2) is 32.0 Å². The van der Waals surface area contributed by atoms with Gasteiger partial charge in [-0.3, -0.25) is 9.59 Å². The fourth-order valence-electron chi connectivity index (χ4n) is 0.789. The lowest BCUT2D eigenvalue weighted by Crippen LogP contribution is -2.43. The van der Waals surface area contributed by atoms with E-state index in [1.54, 1.807) is 0 Å². The summed E-state index contributed by atoms with van der Waals surface area (Å²) in [5.74, 6) is -4.29. The highest BCUT2D eigenvalue weighted by Crippen LogP contribution is 2.34. The van der Waals surface area contributed by atoms with E-state index in [4.69, 9.17) is 50.7 Å². The highest BCUT2D eigenvalue weighted by molar-refractivity contribution is 6.67. The molecule has 0 heterocycles. The summed E-state index contributed by atoms with van der Waals surface area (Å²) in [6.07, 6.45) is -0.458. The fourth-order valence-corrected chi connectivity index (χ4v) is 1.29. The van der Waals surface area contributed by atoms with Crippen LogP contribution in [0.15, 0.2) is 0 Å². The average molecular weight is 264 g/mol. The van der Waals surface area contributed by atoms with Crippen LogP contribution in [0.25, 0.3) is 0 Å². The largest absolute Gasteiger partial charge is 0.481 e. The lowest BCUT2D eigenvalue weighted by molar-refractivity contribution is -0.150.